The zero-order valence-corrected chi connectivity index (χ0v) is 14.2. The van der Waals surface area contributed by atoms with E-state index < -0.39 is 35.5 Å². The Kier molecular flexibility index (Phi) is 5.67. The Hall–Kier alpha value is -1.50. The van der Waals surface area contributed by atoms with Crippen LogP contribution in [0.1, 0.15) is 54.4 Å². The maximum absolute atomic E-state index is 11.7. The van der Waals surface area contributed by atoms with Gasteiger partial charge < -0.3 is 25.2 Å². The highest BCUT2D eigenvalue weighted by molar-refractivity contribution is 5.69. The lowest BCUT2D eigenvalue weighted by molar-refractivity contribution is 0.0447. The minimum absolute atomic E-state index is 0.246. The molecular weight excluding hydrogens is 288 g/mol. The number of carbonyl (C=O) groups is 2. The average molecular weight is 316 g/mol. The van der Waals surface area contributed by atoms with E-state index in [9.17, 15) is 14.7 Å². The number of nitrogens with one attached hydrogen (secondary N) is 2. The van der Waals surface area contributed by atoms with Crippen molar-refractivity contribution in [3.8, 4) is 0 Å². The molecule has 0 aromatic carbocycles. The molecule has 0 aromatic rings. The Bertz CT molecular complexity index is 411. The van der Waals surface area contributed by atoms with Crippen LogP contribution in [0.25, 0.3) is 0 Å². The van der Waals surface area contributed by atoms with Gasteiger partial charge in [-0.15, -0.1) is 0 Å². The second kappa shape index (κ2) is 6.73. The average Bonchev–Trinajstić information content (AvgIpc) is 2.52. The number of rotatable bonds is 2. The van der Waals surface area contributed by atoms with Gasteiger partial charge >= 0.3 is 12.2 Å². The highest BCUT2D eigenvalue weighted by Crippen LogP contribution is 2.21. The maximum atomic E-state index is 11.7. The lowest BCUT2D eigenvalue weighted by atomic mass is 10.2. The highest BCUT2D eigenvalue weighted by Gasteiger charge is 2.36. The van der Waals surface area contributed by atoms with Gasteiger partial charge in [-0.3, -0.25) is 0 Å². The molecule has 0 bridgehead atoms. The van der Waals surface area contributed by atoms with Crippen LogP contribution in [0.2, 0.25) is 0 Å². The smallest absolute Gasteiger partial charge is 0.407 e. The van der Waals surface area contributed by atoms with Gasteiger partial charge in [0.1, 0.15) is 11.2 Å². The Morgan fingerprint density at radius 2 is 1.36 bits per heavy atom. The fraction of sp³-hybridized carbons (Fsp3) is 0.867. The molecule has 7 heteroatoms. The van der Waals surface area contributed by atoms with Crippen molar-refractivity contribution in [2.75, 3.05) is 0 Å². The molecule has 0 saturated heterocycles. The standard InChI is InChI=1S/C15H28N2O5/c1-14(2,3)21-12(19)16-9-7-10(11(18)8-9)17-13(20)22-15(4,5)6/h9-11,18H,7-8H2,1-6H3,(H,16,19)(H,17,20)/t9-,10+,11+/m1/s1. The first kappa shape index (κ1) is 18.5. The van der Waals surface area contributed by atoms with E-state index in [1.165, 1.54) is 0 Å². The van der Waals surface area contributed by atoms with Crippen molar-refractivity contribution in [3.63, 3.8) is 0 Å². The van der Waals surface area contributed by atoms with Crippen molar-refractivity contribution in [1.29, 1.82) is 0 Å². The first-order valence-corrected chi connectivity index (χ1v) is 7.53. The lowest BCUT2D eigenvalue weighted by Gasteiger charge is -2.23. The Morgan fingerprint density at radius 3 is 1.82 bits per heavy atom. The molecule has 1 rings (SSSR count). The third kappa shape index (κ3) is 6.98. The van der Waals surface area contributed by atoms with Crippen LogP contribution in [0.3, 0.4) is 0 Å². The van der Waals surface area contributed by atoms with Gasteiger partial charge in [0.05, 0.1) is 12.1 Å². The summed E-state index contributed by atoms with van der Waals surface area (Å²) in [4.78, 5) is 23.4. The zero-order valence-electron chi connectivity index (χ0n) is 14.2. The third-order valence-corrected chi connectivity index (χ3v) is 2.95. The molecular formula is C15H28N2O5. The molecule has 128 valence electrons. The minimum atomic E-state index is -0.729. The summed E-state index contributed by atoms with van der Waals surface area (Å²) in [6.07, 6.45) is -1.04. The fourth-order valence-electron chi connectivity index (χ4n) is 2.22. The van der Waals surface area contributed by atoms with Gasteiger partial charge in [-0.25, -0.2) is 9.59 Å². The SMILES string of the molecule is CC(C)(C)OC(=O)N[C@@H]1C[C@H](NC(=O)OC(C)(C)C)[C@@H](O)C1. The van der Waals surface area contributed by atoms with Crippen LogP contribution in [0, 0.1) is 0 Å². The van der Waals surface area contributed by atoms with Crippen molar-refractivity contribution in [2.24, 2.45) is 0 Å². The Labute approximate surface area is 131 Å². The number of carbonyl (C=O) groups excluding carboxylic acids is 2. The second-order valence-corrected chi connectivity index (χ2v) is 7.63. The lowest BCUT2D eigenvalue weighted by Crippen LogP contribution is -2.43. The van der Waals surface area contributed by atoms with Gasteiger partial charge in [0.25, 0.3) is 0 Å². The van der Waals surface area contributed by atoms with Crippen LogP contribution in [-0.4, -0.2) is 46.7 Å². The van der Waals surface area contributed by atoms with Crippen LogP contribution in [-0.2, 0) is 9.47 Å². The summed E-state index contributed by atoms with van der Waals surface area (Å²) in [6, 6.07) is -0.695. The van der Waals surface area contributed by atoms with E-state index in [-0.39, 0.29) is 6.04 Å². The maximum Gasteiger partial charge on any atom is 0.407 e. The molecule has 1 fully saturated rings. The van der Waals surface area contributed by atoms with E-state index in [1.54, 1.807) is 41.5 Å². The molecule has 2 amide bonds. The van der Waals surface area contributed by atoms with Crippen LogP contribution in [0.5, 0.6) is 0 Å². The normalized spacial score (nSPS) is 25.5. The van der Waals surface area contributed by atoms with Crippen molar-refractivity contribution in [2.45, 2.75) is 83.8 Å². The van der Waals surface area contributed by atoms with E-state index in [1.807, 2.05) is 0 Å². The zero-order chi connectivity index (χ0) is 17.1. The molecule has 1 aliphatic rings. The van der Waals surface area contributed by atoms with Crippen molar-refractivity contribution in [3.05, 3.63) is 0 Å². The predicted molar refractivity (Wildman–Crippen MR) is 81.6 cm³/mol. The van der Waals surface area contributed by atoms with E-state index in [4.69, 9.17) is 9.47 Å². The summed E-state index contributed by atoms with van der Waals surface area (Å²) in [5, 5.41) is 15.3. The topological polar surface area (TPSA) is 96.9 Å². The molecule has 7 nitrogen and oxygen atoms in total. The molecule has 1 aliphatic carbocycles. The number of alkyl carbamates (subject to hydrolysis) is 2. The van der Waals surface area contributed by atoms with Crippen LogP contribution < -0.4 is 10.6 Å². The number of ether oxygens (including phenoxy) is 2. The molecule has 3 N–H and O–H groups in total. The van der Waals surface area contributed by atoms with Gasteiger partial charge in [0, 0.05) is 6.04 Å². The van der Waals surface area contributed by atoms with Gasteiger partial charge in [-0.1, -0.05) is 0 Å². The number of hydrogen-bond acceptors (Lipinski definition) is 5. The first-order chi connectivity index (χ1) is 9.85. The predicted octanol–water partition coefficient (Wildman–Crippen LogP) is 1.93. The van der Waals surface area contributed by atoms with Gasteiger partial charge in [0.2, 0.25) is 0 Å². The monoisotopic (exact) mass is 316 g/mol. The number of aliphatic hydroxyl groups is 1. The largest absolute Gasteiger partial charge is 0.444 e. The molecule has 3 atom stereocenters. The molecule has 1 saturated carbocycles. The Morgan fingerprint density at radius 1 is 0.909 bits per heavy atom. The third-order valence-electron chi connectivity index (χ3n) is 2.95. The molecule has 0 heterocycles. The molecule has 0 radical (unpaired) electrons. The van der Waals surface area contributed by atoms with Crippen molar-refractivity contribution in [1.82, 2.24) is 10.6 Å². The van der Waals surface area contributed by atoms with E-state index in [2.05, 4.69) is 10.6 Å². The number of aliphatic hydroxyl groups excluding tert-OH is 1. The van der Waals surface area contributed by atoms with Crippen molar-refractivity contribution < 1.29 is 24.2 Å². The quantitative estimate of drug-likeness (QED) is 0.723. The van der Waals surface area contributed by atoms with Crippen LogP contribution in [0.15, 0.2) is 0 Å². The van der Waals surface area contributed by atoms with Crippen molar-refractivity contribution >= 4 is 12.2 Å². The summed E-state index contributed by atoms with van der Waals surface area (Å²) >= 11 is 0. The summed E-state index contributed by atoms with van der Waals surface area (Å²) in [5.41, 5.74) is -1.17. The fourth-order valence-corrected chi connectivity index (χ4v) is 2.22. The van der Waals surface area contributed by atoms with Crippen LogP contribution >= 0.6 is 0 Å². The van der Waals surface area contributed by atoms with Crippen LogP contribution in [0.4, 0.5) is 9.59 Å². The van der Waals surface area contributed by atoms with Gasteiger partial charge in [-0.05, 0) is 54.4 Å². The second-order valence-electron chi connectivity index (χ2n) is 7.63. The molecule has 0 unspecified atom stereocenters. The molecule has 0 aromatic heterocycles. The van der Waals surface area contributed by atoms with E-state index in [0.29, 0.717) is 12.8 Å². The summed E-state index contributed by atoms with van der Waals surface area (Å²) in [6.45, 7) is 10.6. The van der Waals surface area contributed by atoms with Gasteiger partial charge in [-0.2, -0.15) is 0 Å². The number of amides is 2. The molecule has 0 aliphatic heterocycles. The molecule has 0 spiro atoms. The Balaban J connectivity index is 2.45. The van der Waals surface area contributed by atoms with E-state index in [0.717, 1.165) is 0 Å². The molecule has 22 heavy (non-hydrogen) atoms. The highest BCUT2D eigenvalue weighted by atomic mass is 16.6. The number of hydrogen-bond donors (Lipinski definition) is 3. The summed E-state index contributed by atoms with van der Waals surface area (Å²) < 4.78 is 10.3. The van der Waals surface area contributed by atoms with Gasteiger partial charge in [0.15, 0.2) is 0 Å². The minimum Gasteiger partial charge on any atom is -0.444 e. The summed E-state index contributed by atoms with van der Waals surface area (Å²) in [5.74, 6) is 0. The van der Waals surface area contributed by atoms with E-state index >= 15 is 0 Å². The first-order valence-electron chi connectivity index (χ1n) is 7.53. The summed E-state index contributed by atoms with van der Waals surface area (Å²) in [7, 11) is 0.